The zero-order valence-electron chi connectivity index (χ0n) is 11.7. The van der Waals surface area contributed by atoms with E-state index < -0.39 is 21.5 Å². The summed E-state index contributed by atoms with van der Waals surface area (Å²) in [5.74, 6) is -0.415. The molecule has 2 saturated carbocycles. The third-order valence-electron chi connectivity index (χ3n) is 4.08. The quantitative estimate of drug-likeness (QED) is 0.712. The first-order valence-electron chi connectivity index (χ1n) is 6.76. The maximum Gasteiger partial charge on any atom is 0.254 e. The van der Waals surface area contributed by atoms with E-state index in [1.54, 1.807) is 0 Å². The summed E-state index contributed by atoms with van der Waals surface area (Å²) in [6.07, 6.45) is 5.82. The summed E-state index contributed by atoms with van der Waals surface area (Å²) in [5, 5.41) is 2.79. The molecule has 5 nitrogen and oxygen atoms in total. The first-order chi connectivity index (χ1) is 8.81. The molecule has 2 rings (SSSR count). The van der Waals surface area contributed by atoms with Crippen molar-refractivity contribution in [1.82, 2.24) is 10.0 Å². The van der Waals surface area contributed by atoms with Crippen LogP contribution in [0.2, 0.25) is 0 Å². The van der Waals surface area contributed by atoms with Crippen LogP contribution in [0.15, 0.2) is 12.2 Å². The molecular formula is C13H22N2O3S. The van der Waals surface area contributed by atoms with Crippen molar-refractivity contribution in [3.63, 3.8) is 0 Å². The van der Waals surface area contributed by atoms with Gasteiger partial charge in [0.1, 0.15) is 5.54 Å². The van der Waals surface area contributed by atoms with Gasteiger partial charge in [-0.05, 0) is 32.7 Å². The van der Waals surface area contributed by atoms with E-state index in [0.29, 0.717) is 25.8 Å². The lowest BCUT2D eigenvalue weighted by molar-refractivity contribution is -0.123. The maximum atomic E-state index is 12.4. The third-order valence-corrected chi connectivity index (χ3v) is 5.90. The van der Waals surface area contributed by atoms with E-state index >= 15 is 0 Å². The van der Waals surface area contributed by atoms with Crippen molar-refractivity contribution in [2.75, 3.05) is 6.54 Å². The second kappa shape index (κ2) is 4.59. The lowest BCUT2D eigenvalue weighted by atomic mass is 10.0. The predicted octanol–water partition coefficient (Wildman–Crippen LogP) is 0.929. The Morgan fingerprint density at radius 2 is 2.05 bits per heavy atom. The van der Waals surface area contributed by atoms with Gasteiger partial charge in [0.05, 0.1) is 5.25 Å². The van der Waals surface area contributed by atoms with Gasteiger partial charge >= 0.3 is 0 Å². The molecule has 2 fully saturated rings. The Morgan fingerprint density at radius 1 is 1.42 bits per heavy atom. The normalized spacial score (nSPS) is 34.5. The second-order valence-electron chi connectivity index (χ2n) is 5.71. The van der Waals surface area contributed by atoms with Gasteiger partial charge in [0.25, 0.3) is 5.91 Å². The summed E-state index contributed by atoms with van der Waals surface area (Å²) in [6, 6.07) is 0. The van der Waals surface area contributed by atoms with Crippen molar-refractivity contribution >= 4 is 15.9 Å². The number of carbonyl (C=O) groups excluding carboxylic acids is 1. The maximum absolute atomic E-state index is 12.4. The van der Waals surface area contributed by atoms with Crippen LogP contribution >= 0.6 is 0 Å². The van der Waals surface area contributed by atoms with Crippen LogP contribution in [0.25, 0.3) is 0 Å². The molecule has 2 unspecified atom stereocenters. The standard InChI is InChI=1S/C13H22N2O3S/c1-4-8-12(3)9-13(12,14-5-2)11(16)15-19(17,18)10-6-7-10/h4,8,10,14H,5-7,9H2,1-3H3,(H,15,16). The van der Waals surface area contributed by atoms with Crippen LogP contribution in [-0.2, 0) is 14.8 Å². The monoisotopic (exact) mass is 286 g/mol. The molecule has 0 aromatic rings. The predicted molar refractivity (Wildman–Crippen MR) is 74.0 cm³/mol. The van der Waals surface area contributed by atoms with Gasteiger partial charge in [-0.3, -0.25) is 9.52 Å². The van der Waals surface area contributed by atoms with E-state index in [4.69, 9.17) is 0 Å². The molecule has 1 amide bonds. The fourth-order valence-corrected chi connectivity index (χ4v) is 4.10. The Hall–Kier alpha value is -0.880. The lowest BCUT2D eigenvalue weighted by Gasteiger charge is -2.21. The van der Waals surface area contributed by atoms with Crippen LogP contribution in [0.3, 0.4) is 0 Å². The molecule has 2 atom stereocenters. The zero-order valence-corrected chi connectivity index (χ0v) is 12.5. The molecule has 2 N–H and O–H groups in total. The van der Waals surface area contributed by atoms with Gasteiger partial charge in [-0.15, -0.1) is 0 Å². The number of likely N-dealkylation sites (N-methyl/N-ethyl adjacent to an activating group) is 1. The summed E-state index contributed by atoms with van der Waals surface area (Å²) >= 11 is 0. The van der Waals surface area contributed by atoms with Gasteiger partial charge in [-0.1, -0.05) is 26.0 Å². The first kappa shape index (κ1) is 14.5. The number of allylic oxidation sites excluding steroid dienone is 1. The highest BCUT2D eigenvalue weighted by Crippen LogP contribution is 2.57. The smallest absolute Gasteiger partial charge is 0.254 e. The summed E-state index contributed by atoms with van der Waals surface area (Å²) in [4.78, 5) is 12.4. The molecule has 2 aliphatic carbocycles. The Balaban J connectivity index is 2.15. The van der Waals surface area contributed by atoms with Crippen molar-refractivity contribution in [2.24, 2.45) is 5.41 Å². The molecular weight excluding hydrogens is 264 g/mol. The highest BCUT2D eigenvalue weighted by molar-refractivity contribution is 7.90. The molecule has 19 heavy (non-hydrogen) atoms. The molecule has 108 valence electrons. The summed E-state index contributed by atoms with van der Waals surface area (Å²) in [6.45, 7) is 6.42. The van der Waals surface area contributed by atoms with E-state index in [9.17, 15) is 13.2 Å². The highest BCUT2D eigenvalue weighted by atomic mass is 32.2. The fourth-order valence-electron chi connectivity index (χ4n) is 2.74. The minimum atomic E-state index is -3.48. The molecule has 0 aromatic heterocycles. The van der Waals surface area contributed by atoms with E-state index in [1.807, 2.05) is 32.9 Å². The van der Waals surface area contributed by atoms with E-state index in [-0.39, 0.29) is 10.7 Å². The van der Waals surface area contributed by atoms with Crippen molar-refractivity contribution in [3.8, 4) is 0 Å². The molecule has 0 aliphatic heterocycles. The molecule has 2 aliphatic rings. The van der Waals surface area contributed by atoms with Gasteiger partial charge in [0, 0.05) is 5.41 Å². The van der Waals surface area contributed by atoms with Gasteiger partial charge < -0.3 is 5.32 Å². The van der Waals surface area contributed by atoms with Crippen LogP contribution in [0, 0.1) is 5.41 Å². The number of hydrogen-bond acceptors (Lipinski definition) is 4. The summed E-state index contributed by atoms with van der Waals surface area (Å²) < 4.78 is 26.0. The topological polar surface area (TPSA) is 75.3 Å². The van der Waals surface area contributed by atoms with Gasteiger partial charge in [-0.2, -0.15) is 0 Å². The van der Waals surface area contributed by atoms with Crippen molar-refractivity contribution in [2.45, 2.75) is 50.8 Å². The highest BCUT2D eigenvalue weighted by Gasteiger charge is 2.68. The minimum Gasteiger partial charge on any atom is -0.303 e. The van der Waals surface area contributed by atoms with Gasteiger partial charge in [-0.25, -0.2) is 8.42 Å². The average molecular weight is 286 g/mol. The number of hydrogen-bond donors (Lipinski definition) is 2. The van der Waals surface area contributed by atoms with Crippen LogP contribution in [0.4, 0.5) is 0 Å². The number of sulfonamides is 1. The minimum absolute atomic E-state index is 0.305. The molecule has 0 bridgehead atoms. The number of amides is 1. The fraction of sp³-hybridized carbons (Fsp3) is 0.769. The largest absolute Gasteiger partial charge is 0.303 e. The van der Waals surface area contributed by atoms with Gasteiger partial charge in [0.2, 0.25) is 10.0 Å². The van der Waals surface area contributed by atoms with Crippen LogP contribution in [-0.4, -0.2) is 31.7 Å². The molecule has 0 spiro atoms. The van der Waals surface area contributed by atoms with Crippen molar-refractivity contribution in [1.29, 1.82) is 0 Å². The van der Waals surface area contributed by atoms with Crippen LogP contribution in [0.1, 0.15) is 40.0 Å². The Kier molecular flexibility index (Phi) is 3.51. The van der Waals surface area contributed by atoms with Crippen molar-refractivity contribution in [3.05, 3.63) is 12.2 Å². The van der Waals surface area contributed by atoms with Crippen LogP contribution < -0.4 is 10.0 Å². The zero-order chi connectivity index (χ0) is 14.3. The van der Waals surface area contributed by atoms with E-state index in [2.05, 4.69) is 10.0 Å². The SMILES string of the molecule is CC=CC1(C)CC1(NCC)C(=O)NS(=O)(=O)C1CC1. The first-order valence-corrected chi connectivity index (χ1v) is 8.31. The van der Waals surface area contributed by atoms with E-state index in [0.717, 1.165) is 0 Å². The molecule has 6 heteroatoms. The van der Waals surface area contributed by atoms with Crippen molar-refractivity contribution < 1.29 is 13.2 Å². The molecule has 0 heterocycles. The Morgan fingerprint density at radius 3 is 2.53 bits per heavy atom. The van der Waals surface area contributed by atoms with Crippen LogP contribution in [0.5, 0.6) is 0 Å². The summed E-state index contributed by atoms with van der Waals surface area (Å²) in [5.41, 5.74) is -1.09. The summed E-state index contributed by atoms with van der Waals surface area (Å²) in [7, 11) is -3.48. The Labute approximate surface area is 114 Å². The average Bonchev–Trinajstić information content (AvgIpc) is 3.15. The number of carbonyl (C=O) groups is 1. The number of nitrogens with one attached hydrogen (secondary N) is 2. The second-order valence-corrected chi connectivity index (χ2v) is 7.67. The Bertz CT molecular complexity index is 510. The molecule has 0 aromatic carbocycles. The van der Waals surface area contributed by atoms with Gasteiger partial charge in [0.15, 0.2) is 0 Å². The lowest BCUT2D eigenvalue weighted by Crippen LogP contribution is -2.51. The molecule has 0 radical (unpaired) electrons. The third kappa shape index (κ3) is 2.43. The number of rotatable bonds is 6. The van der Waals surface area contributed by atoms with E-state index in [1.165, 1.54) is 0 Å². The molecule has 0 saturated heterocycles.